The van der Waals surface area contributed by atoms with Crippen molar-refractivity contribution in [3.05, 3.63) is 71.8 Å². The van der Waals surface area contributed by atoms with E-state index in [9.17, 15) is 77.3 Å². The standard InChI is InChI=1S/C14H20O4.C13H18O4.2C11H20O6.2C10H17BrO5.C10H16O6.C9H13BrO5/c1-14(10-16-2,11-17-3)13(15)18-9-12-7-5-4-6-8-12;1-10(12(7-14)8-15)13(16)17-9-11-5-3-2-4-6-11;2*1-5-15-9(3)17-10(14)11(4,6-12)7-16-8(2)13;2*1-8(13)16-7-10(2,6-12)9(14)15-5-3-4-11;1-4-13-7(2)16-8(11)10(3)5-14-9(12)15-6-10;1-9(5-14-8(12)15-6-9)7(11)13-4-2-3-10/h4-8H,9-11H2,1-3H3;2-6,10,12,14-15H,7-9H2,1H3;2*9,12H,5-7H2,1-4H3;2*12H,3-7H2,1-2H3;7H,4-6H2,1-3H3;2-6H2,1H3. The lowest BCUT2D eigenvalue weighted by Gasteiger charge is -2.30. The maximum absolute atomic E-state index is 12.0. The Bertz CT molecular complexity index is 3480. The van der Waals surface area contributed by atoms with Crippen LogP contribution in [0.25, 0.3) is 0 Å². The molecule has 2 fully saturated rings. The van der Waals surface area contributed by atoms with Gasteiger partial charge in [-0.05, 0) is 120 Å². The molecule has 0 aromatic heterocycles. The van der Waals surface area contributed by atoms with Gasteiger partial charge in [-0.15, -0.1) is 0 Å². The molecule has 2 aliphatic rings. The third kappa shape index (κ3) is 57.4. The quantitative estimate of drug-likeness (QED) is 0.0119. The monoisotopic (exact) mass is 2090 g/mol. The van der Waals surface area contributed by atoms with E-state index in [2.05, 4.69) is 66.7 Å². The van der Waals surface area contributed by atoms with Gasteiger partial charge in [0.2, 0.25) is 0 Å². The molecule has 2 saturated heterocycles. The molecule has 2 heterocycles. The number of aliphatic hydroxyl groups excluding tert-OH is 6. The second kappa shape index (κ2) is 73.0. The summed E-state index contributed by atoms with van der Waals surface area (Å²) < 4.78 is 103. The molecule has 41 nitrogen and oxygen atoms in total. The van der Waals surface area contributed by atoms with Crippen LogP contribution in [0, 0.1) is 49.7 Å². The smallest absolute Gasteiger partial charge is 0.465 e. The molecular formula is C88H141Br3O41. The zero-order chi connectivity index (χ0) is 102. The van der Waals surface area contributed by atoms with Crippen LogP contribution in [0.2, 0.25) is 0 Å². The van der Waals surface area contributed by atoms with E-state index in [0.717, 1.165) is 33.5 Å². The third-order valence-corrected chi connectivity index (χ3v) is 19.4. The van der Waals surface area contributed by atoms with Gasteiger partial charge < -0.3 is 130 Å². The lowest BCUT2D eigenvalue weighted by atomic mass is 9.93. The molecule has 0 saturated carbocycles. The number of carbonyl (C=O) groups excluding carboxylic acids is 14. The fraction of sp³-hybridized carbons (Fsp3) is 0.705. The molecule has 8 unspecified atom stereocenters. The maximum atomic E-state index is 12.0. The number of esters is 12. The first-order valence-corrected chi connectivity index (χ1v) is 45.2. The van der Waals surface area contributed by atoms with Crippen molar-refractivity contribution in [3.63, 3.8) is 0 Å². The van der Waals surface area contributed by atoms with Crippen LogP contribution in [-0.4, -0.2) is 309 Å². The van der Waals surface area contributed by atoms with E-state index in [0.29, 0.717) is 39.3 Å². The highest BCUT2D eigenvalue weighted by Crippen LogP contribution is 2.29. The van der Waals surface area contributed by atoms with Gasteiger partial charge in [-0.2, -0.15) is 0 Å². The van der Waals surface area contributed by atoms with Gasteiger partial charge in [-0.1, -0.05) is 115 Å². The van der Waals surface area contributed by atoms with Gasteiger partial charge in [0.15, 0.2) is 18.9 Å². The first-order valence-electron chi connectivity index (χ1n) is 41.8. The average molecular weight is 2090 g/mol. The largest absolute Gasteiger partial charge is 0.508 e. The Morgan fingerprint density at radius 2 is 0.667 bits per heavy atom. The normalized spacial score (nSPS) is 15.3. The van der Waals surface area contributed by atoms with Crippen molar-refractivity contribution in [2.24, 2.45) is 49.7 Å². The predicted molar refractivity (Wildman–Crippen MR) is 479 cm³/mol. The van der Waals surface area contributed by atoms with Crippen molar-refractivity contribution < 1.29 is 197 Å². The molecule has 8 atom stereocenters. The van der Waals surface area contributed by atoms with Gasteiger partial charge in [0.25, 0.3) is 0 Å². The summed E-state index contributed by atoms with van der Waals surface area (Å²) in [5.41, 5.74) is -5.62. The van der Waals surface area contributed by atoms with Crippen molar-refractivity contribution in [2.75, 3.05) is 176 Å². The van der Waals surface area contributed by atoms with Crippen LogP contribution in [0.1, 0.15) is 155 Å². The molecule has 0 bridgehead atoms. The summed E-state index contributed by atoms with van der Waals surface area (Å²) in [6, 6.07) is 18.9. The van der Waals surface area contributed by atoms with E-state index >= 15 is 0 Å². The highest BCUT2D eigenvalue weighted by atomic mass is 79.9. The molecular weight excluding hydrogens is 1950 g/mol. The van der Waals surface area contributed by atoms with Crippen LogP contribution in [-0.2, 0) is 170 Å². The fourth-order valence-corrected chi connectivity index (χ4v) is 9.67. The summed E-state index contributed by atoms with van der Waals surface area (Å²) in [6.45, 7) is 27.8. The van der Waals surface area contributed by atoms with Gasteiger partial charge >= 0.3 is 83.9 Å². The molecule has 0 spiro atoms. The number of benzene rings is 2. The van der Waals surface area contributed by atoms with E-state index in [1.54, 1.807) is 83.5 Å². The highest BCUT2D eigenvalue weighted by Gasteiger charge is 2.45. The molecule has 44 heteroatoms. The van der Waals surface area contributed by atoms with Crippen molar-refractivity contribution >= 4 is 132 Å². The molecule has 6 N–H and O–H groups in total. The molecule has 2 aliphatic heterocycles. The van der Waals surface area contributed by atoms with Crippen LogP contribution in [0.5, 0.6) is 0 Å². The van der Waals surface area contributed by atoms with Crippen LogP contribution in [0.3, 0.4) is 0 Å². The van der Waals surface area contributed by atoms with Crippen molar-refractivity contribution in [1.82, 2.24) is 0 Å². The van der Waals surface area contributed by atoms with Crippen LogP contribution >= 0.6 is 47.8 Å². The Labute approximate surface area is 797 Å². The van der Waals surface area contributed by atoms with Gasteiger partial charge in [-0.25, -0.2) is 9.59 Å². The minimum absolute atomic E-state index is 0.0129. The Morgan fingerprint density at radius 1 is 0.386 bits per heavy atom. The number of hydrogen-bond acceptors (Lipinski definition) is 41. The molecule has 132 heavy (non-hydrogen) atoms. The summed E-state index contributed by atoms with van der Waals surface area (Å²) in [6.07, 6.45) is -1.37. The first-order chi connectivity index (χ1) is 62.0. The minimum atomic E-state index is -1.27. The van der Waals surface area contributed by atoms with Crippen molar-refractivity contribution in [2.45, 2.75) is 176 Å². The zero-order valence-corrected chi connectivity index (χ0v) is 84.2. The molecule has 4 rings (SSSR count). The van der Waals surface area contributed by atoms with E-state index in [-0.39, 0.29) is 112 Å². The molecule has 2 aromatic rings. The second-order valence-corrected chi connectivity index (χ2v) is 33.5. The number of hydrogen-bond donors (Lipinski definition) is 6. The molecule has 0 radical (unpaired) electrons. The van der Waals surface area contributed by atoms with Crippen LogP contribution < -0.4 is 0 Å². The zero-order valence-electron chi connectivity index (χ0n) is 79.5. The SMILES string of the molecule is CC(=O)OCC(C)(CO)C(=O)OCCCBr.CC(=O)OCC(C)(CO)C(=O)OCCCBr.CC(C(=O)OCc1ccccc1)C(CO)CO.CC1(C(=O)OCCCBr)COC(=O)OC1.CCOC(C)OC(=O)C(C)(CO)COC(C)=O.CCOC(C)OC(=O)C(C)(CO)COC(C)=O.CCOC(C)OC(=O)C1(C)COC(=O)OC1.COCC(C)(COC)C(=O)OCc1ccccc1. The minimum Gasteiger partial charge on any atom is -0.465 e. The van der Waals surface area contributed by atoms with E-state index < -0.39 is 173 Å². The summed E-state index contributed by atoms with van der Waals surface area (Å²) in [4.78, 5) is 158. The topological polar surface area (TPSA) is 554 Å². The number of alkyl halides is 3. The maximum Gasteiger partial charge on any atom is 0.508 e. The lowest BCUT2D eigenvalue weighted by Crippen LogP contribution is -2.45. The number of carbonyl (C=O) groups is 14. The van der Waals surface area contributed by atoms with Crippen molar-refractivity contribution in [3.8, 4) is 0 Å². The summed E-state index contributed by atoms with van der Waals surface area (Å²) in [7, 11) is 3.11. The predicted octanol–water partition coefficient (Wildman–Crippen LogP) is 8.27. The number of ether oxygens (including phenoxy) is 21. The van der Waals surface area contributed by atoms with E-state index in [1.165, 1.54) is 55.4 Å². The second-order valence-electron chi connectivity index (χ2n) is 31.1. The van der Waals surface area contributed by atoms with Crippen LogP contribution in [0.4, 0.5) is 9.59 Å². The Balaban J connectivity index is -0.000000710. The number of halogens is 3. The van der Waals surface area contributed by atoms with Crippen LogP contribution in [0.15, 0.2) is 60.7 Å². The van der Waals surface area contributed by atoms with Gasteiger partial charge in [-0.3, -0.25) is 57.5 Å². The lowest BCUT2D eigenvalue weighted by molar-refractivity contribution is -0.194. The Morgan fingerprint density at radius 3 is 0.947 bits per heavy atom. The van der Waals surface area contributed by atoms with Gasteiger partial charge in [0, 0.05) is 96.9 Å². The summed E-state index contributed by atoms with van der Waals surface area (Å²) in [5.74, 6) is -7.04. The summed E-state index contributed by atoms with van der Waals surface area (Å²) >= 11 is 9.65. The number of methoxy groups -OCH3 is 2. The van der Waals surface area contributed by atoms with Gasteiger partial charge in [0.1, 0.15) is 104 Å². The summed E-state index contributed by atoms with van der Waals surface area (Å²) in [5, 5.41) is 56.8. The third-order valence-electron chi connectivity index (χ3n) is 17.7. The number of aliphatic hydroxyl groups is 6. The fourth-order valence-electron chi connectivity index (χ4n) is 8.98. The first kappa shape index (κ1) is 130. The molecule has 0 amide bonds. The highest BCUT2D eigenvalue weighted by molar-refractivity contribution is 9.09. The number of cyclic esters (lactones) is 4. The Kier molecular flexibility index (Phi) is 71.8. The Hall–Kier alpha value is -8.38. The molecule has 0 aliphatic carbocycles. The van der Waals surface area contributed by atoms with E-state index in [1.807, 2.05) is 60.7 Å². The molecule has 760 valence electrons. The average Bonchev–Trinajstić information content (AvgIpc) is 0.809. The van der Waals surface area contributed by atoms with Gasteiger partial charge in [0.05, 0.1) is 65.4 Å². The van der Waals surface area contributed by atoms with E-state index in [4.69, 9.17) is 101 Å². The number of rotatable bonds is 49. The van der Waals surface area contributed by atoms with Crippen molar-refractivity contribution in [1.29, 1.82) is 0 Å². The molecule has 2 aromatic carbocycles.